The number of benzene rings is 1. The molecule has 1 heterocycles. The van der Waals surface area contributed by atoms with Gasteiger partial charge in [0.15, 0.2) is 11.4 Å². The lowest BCUT2D eigenvalue weighted by molar-refractivity contribution is -0.619. The van der Waals surface area contributed by atoms with E-state index in [2.05, 4.69) is 0 Å². The van der Waals surface area contributed by atoms with Crippen molar-refractivity contribution in [1.82, 2.24) is 0 Å². The van der Waals surface area contributed by atoms with Gasteiger partial charge in [0.25, 0.3) is 5.69 Å². The van der Waals surface area contributed by atoms with Gasteiger partial charge in [-0.2, -0.15) is 4.73 Å². The second-order valence-corrected chi connectivity index (χ2v) is 4.86. The van der Waals surface area contributed by atoms with E-state index < -0.39 is 4.92 Å². The Morgan fingerprint density at radius 3 is 2.00 bits per heavy atom. The fourth-order valence-corrected chi connectivity index (χ4v) is 2.19. The molecule has 0 saturated heterocycles. The molecule has 0 fully saturated rings. The van der Waals surface area contributed by atoms with Gasteiger partial charge in [0.2, 0.25) is 0 Å². The standard InChI is InChI=1S/C15H16N2O3/c1-11-9-14(10-12(2)16(11)18)4-3-13-5-7-15(8-6-13)17(19)20/h5-10H,3-4H2,1-2H3. The number of aromatic nitrogens is 1. The quantitative estimate of drug-likeness (QED) is 0.372. The van der Waals surface area contributed by atoms with Gasteiger partial charge >= 0.3 is 0 Å². The van der Waals surface area contributed by atoms with E-state index in [1.807, 2.05) is 12.1 Å². The molecule has 0 aliphatic carbocycles. The van der Waals surface area contributed by atoms with Crippen molar-refractivity contribution >= 4 is 5.69 Å². The zero-order valence-corrected chi connectivity index (χ0v) is 11.5. The average molecular weight is 272 g/mol. The summed E-state index contributed by atoms with van der Waals surface area (Å²) in [5.74, 6) is 0. The smallest absolute Gasteiger partial charge is 0.269 e. The van der Waals surface area contributed by atoms with E-state index in [0.29, 0.717) is 11.4 Å². The number of nitrogens with zero attached hydrogens (tertiary/aromatic N) is 2. The molecule has 2 aromatic rings. The molecule has 0 atom stereocenters. The van der Waals surface area contributed by atoms with Gasteiger partial charge in [-0.1, -0.05) is 12.1 Å². The molecule has 0 aliphatic rings. The molecule has 104 valence electrons. The highest BCUT2D eigenvalue weighted by molar-refractivity contribution is 5.33. The number of hydrogen-bond acceptors (Lipinski definition) is 3. The molecule has 20 heavy (non-hydrogen) atoms. The minimum atomic E-state index is -0.402. The Kier molecular flexibility index (Phi) is 3.98. The maximum absolute atomic E-state index is 11.5. The maximum atomic E-state index is 11.5. The molecule has 1 aromatic carbocycles. The molecule has 0 saturated carbocycles. The van der Waals surface area contributed by atoms with Gasteiger partial charge in [-0.3, -0.25) is 10.1 Å². The van der Waals surface area contributed by atoms with Crippen molar-refractivity contribution < 1.29 is 9.65 Å². The molecule has 0 aliphatic heterocycles. The van der Waals surface area contributed by atoms with Crippen LogP contribution in [0.2, 0.25) is 0 Å². The highest BCUT2D eigenvalue weighted by Crippen LogP contribution is 2.14. The average Bonchev–Trinajstić information content (AvgIpc) is 2.42. The van der Waals surface area contributed by atoms with Crippen LogP contribution in [0.4, 0.5) is 5.69 Å². The van der Waals surface area contributed by atoms with Gasteiger partial charge < -0.3 is 5.21 Å². The van der Waals surface area contributed by atoms with Crippen molar-refractivity contribution in [2.24, 2.45) is 0 Å². The number of pyridine rings is 1. The van der Waals surface area contributed by atoms with E-state index in [-0.39, 0.29) is 5.69 Å². The normalized spacial score (nSPS) is 10.5. The fourth-order valence-electron chi connectivity index (χ4n) is 2.19. The van der Waals surface area contributed by atoms with Crippen LogP contribution in [-0.2, 0) is 12.8 Å². The van der Waals surface area contributed by atoms with E-state index in [9.17, 15) is 15.3 Å². The van der Waals surface area contributed by atoms with E-state index in [1.54, 1.807) is 26.0 Å². The van der Waals surface area contributed by atoms with E-state index in [1.165, 1.54) is 12.1 Å². The lowest BCUT2D eigenvalue weighted by atomic mass is 10.0. The Labute approximate surface area is 117 Å². The summed E-state index contributed by atoms with van der Waals surface area (Å²) >= 11 is 0. The van der Waals surface area contributed by atoms with E-state index in [4.69, 9.17) is 0 Å². The molecule has 0 radical (unpaired) electrons. The molecule has 5 heteroatoms. The van der Waals surface area contributed by atoms with Crippen LogP contribution in [0, 0.1) is 29.2 Å². The first kappa shape index (κ1) is 14.0. The van der Waals surface area contributed by atoms with Crippen LogP contribution < -0.4 is 4.73 Å². The predicted octanol–water partition coefficient (Wildman–Crippen LogP) is 2.63. The molecule has 2 rings (SSSR count). The number of hydrogen-bond donors (Lipinski definition) is 0. The number of nitro benzene ring substituents is 1. The second kappa shape index (κ2) is 5.69. The molecule has 5 nitrogen and oxygen atoms in total. The third kappa shape index (κ3) is 3.12. The molecular weight excluding hydrogens is 256 g/mol. The Hall–Kier alpha value is -2.43. The minimum absolute atomic E-state index is 0.104. The molecule has 1 aromatic heterocycles. The van der Waals surface area contributed by atoms with Gasteiger partial charge in [0.05, 0.1) is 4.92 Å². The van der Waals surface area contributed by atoms with Crippen LogP contribution in [-0.4, -0.2) is 4.92 Å². The molecule has 0 spiro atoms. The molecule has 0 unspecified atom stereocenters. The zero-order chi connectivity index (χ0) is 14.7. The van der Waals surface area contributed by atoms with Crippen LogP contribution in [0.5, 0.6) is 0 Å². The molecule has 0 amide bonds. The predicted molar refractivity (Wildman–Crippen MR) is 75.4 cm³/mol. The summed E-state index contributed by atoms with van der Waals surface area (Å²) in [6, 6.07) is 10.3. The number of rotatable bonds is 4. The summed E-state index contributed by atoms with van der Waals surface area (Å²) in [7, 11) is 0. The first-order valence-electron chi connectivity index (χ1n) is 6.40. The van der Waals surface area contributed by atoms with Crippen LogP contribution >= 0.6 is 0 Å². The fraction of sp³-hybridized carbons (Fsp3) is 0.267. The van der Waals surface area contributed by atoms with Crippen LogP contribution in [0.15, 0.2) is 36.4 Å². The second-order valence-electron chi connectivity index (χ2n) is 4.86. The third-order valence-electron chi connectivity index (χ3n) is 3.28. The van der Waals surface area contributed by atoms with Gasteiger partial charge in [0, 0.05) is 38.1 Å². The number of aryl methyl sites for hydroxylation is 4. The Balaban J connectivity index is 2.07. The summed E-state index contributed by atoms with van der Waals surface area (Å²) in [6.07, 6.45) is 1.60. The number of nitro groups is 1. The van der Waals surface area contributed by atoms with Crippen LogP contribution in [0.25, 0.3) is 0 Å². The largest absolute Gasteiger partial charge is 0.618 e. The summed E-state index contributed by atoms with van der Waals surface area (Å²) < 4.78 is 0.912. The van der Waals surface area contributed by atoms with Crippen LogP contribution in [0.1, 0.15) is 22.5 Å². The van der Waals surface area contributed by atoms with Crippen molar-refractivity contribution in [3.05, 3.63) is 74.2 Å². The highest BCUT2D eigenvalue weighted by atomic mass is 16.6. The van der Waals surface area contributed by atoms with Crippen molar-refractivity contribution in [3.63, 3.8) is 0 Å². The van der Waals surface area contributed by atoms with Crippen molar-refractivity contribution in [1.29, 1.82) is 0 Å². The SMILES string of the molecule is Cc1cc(CCc2ccc([N+](=O)[O-])cc2)cc(C)[n+]1[O-]. The third-order valence-corrected chi connectivity index (χ3v) is 3.28. The van der Waals surface area contributed by atoms with Gasteiger partial charge in [0.1, 0.15) is 0 Å². The summed E-state index contributed by atoms with van der Waals surface area (Å²) in [5, 5.41) is 22.1. The summed E-state index contributed by atoms with van der Waals surface area (Å²) in [4.78, 5) is 10.2. The Morgan fingerprint density at radius 2 is 1.50 bits per heavy atom. The summed E-state index contributed by atoms with van der Waals surface area (Å²) in [6.45, 7) is 3.57. The van der Waals surface area contributed by atoms with E-state index >= 15 is 0 Å². The van der Waals surface area contributed by atoms with Gasteiger partial charge in [-0.05, 0) is 24.0 Å². The molecule has 0 bridgehead atoms. The minimum Gasteiger partial charge on any atom is -0.618 e. The Morgan fingerprint density at radius 1 is 1.00 bits per heavy atom. The van der Waals surface area contributed by atoms with Crippen molar-refractivity contribution in [2.75, 3.05) is 0 Å². The van der Waals surface area contributed by atoms with Gasteiger partial charge in [-0.25, -0.2) is 0 Å². The molecule has 0 N–H and O–H groups in total. The van der Waals surface area contributed by atoms with Crippen LogP contribution in [0.3, 0.4) is 0 Å². The number of non-ortho nitro benzene ring substituents is 1. The van der Waals surface area contributed by atoms with Crippen molar-refractivity contribution in [3.8, 4) is 0 Å². The summed E-state index contributed by atoms with van der Waals surface area (Å²) in [5.41, 5.74) is 3.62. The molecular formula is C15H16N2O3. The van der Waals surface area contributed by atoms with Crippen molar-refractivity contribution in [2.45, 2.75) is 26.7 Å². The maximum Gasteiger partial charge on any atom is 0.269 e. The lowest BCUT2D eigenvalue weighted by Gasteiger charge is -2.07. The lowest BCUT2D eigenvalue weighted by Crippen LogP contribution is -2.33. The topological polar surface area (TPSA) is 70.1 Å². The first-order valence-corrected chi connectivity index (χ1v) is 6.40. The zero-order valence-electron chi connectivity index (χ0n) is 11.5. The first-order chi connectivity index (χ1) is 9.47. The highest BCUT2D eigenvalue weighted by Gasteiger charge is 2.08. The van der Waals surface area contributed by atoms with E-state index in [0.717, 1.165) is 28.7 Å². The monoisotopic (exact) mass is 272 g/mol. The Bertz CT molecular complexity index is 613. The van der Waals surface area contributed by atoms with Gasteiger partial charge in [-0.15, -0.1) is 0 Å².